The number of nitrogens with zero attached hydrogens (tertiary/aromatic N) is 1. The molecule has 3 aromatic rings. The maximum Gasteiger partial charge on any atom is 0.244 e. The van der Waals surface area contributed by atoms with Gasteiger partial charge in [-0.05, 0) is 34.9 Å². The summed E-state index contributed by atoms with van der Waals surface area (Å²) in [6.07, 6.45) is 7.03. The van der Waals surface area contributed by atoms with Gasteiger partial charge in [-0.25, -0.2) is 8.42 Å². The fourth-order valence-electron chi connectivity index (χ4n) is 4.48. The highest BCUT2D eigenvalue weighted by Gasteiger charge is 2.59. The lowest BCUT2D eigenvalue weighted by atomic mass is 10.0. The van der Waals surface area contributed by atoms with Gasteiger partial charge in [-0.3, -0.25) is 4.79 Å². The summed E-state index contributed by atoms with van der Waals surface area (Å²) < 4.78 is 28.5. The van der Waals surface area contributed by atoms with Crippen LogP contribution in [0.25, 0.3) is 10.8 Å². The third kappa shape index (κ3) is 4.79. The van der Waals surface area contributed by atoms with Crippen LogP contribution in [0.4, 0.5) is 0 Å². The Bertz CT molecular complexity index is 1170. The van der Waals surface area contributed by atoms with E-state index in [4.69, 9.17) is 0 Å². The molecule has 0 N–H and O–H groups in total. The standard InChI is InChI=1S/C27H31NO3S/c1-2-3-4-5-6-10-17-25(29)27-26(22-14-8-7-9-15-22)28(27)32(30,31)24-19-18-21-13-11-12-16-23(21)20-24/h7-9,11-16,18-20,26-27H,2-6,10,17H2,1H3. The number of sulfonamides is 1. The highest BCUT2D eigenvalue weighted by atomic mass is 32.2. The van der Waals surface area contributed by atoms with Crippen LogP contribution >= 0.6 is 0 Å². The van der Waals surface area contributed by atoms with Gasteiger partial charge in [-0.1, -0.05) is 99.7 Å². The molecule has 168 valence electrons. The molecule has 4 nitrogen and oxygen atoms in total. The Kier molecular flexibility index (Phi) is 7.07. The molecule has 1 heterocycles. The molecule has 3 atom stereocenters. The van der Waals surface area contributed by atoms with Gasteiger partial charge in [0.25, 0.3) is 0 Å². The summed E-state index contributed by atoms with van der Waals surface area (Å²) in [6.45, 7) is 2.19. The van der Waals surface area contributed by atoms with Crippen molar-refractivity contribution in [2.75, 3.05) is 0 Å². The van der Waals surface area contributed by atoms with Crippen molar-refractivity contribution in [3.8, 4) is 0 Å². The van der Waals surface area contributed by atoms with Gasteiger partial charge < -0.3 is 0 Å². The van der Waals surface area contributed by atoms with Crippen molar-refractivity contribution in [2.45, 2.75) is 68.8 Å². The van der Waals surface area contributed by atoms with Crippen LogP contribution in [-0.4, -0.2) is 24.5 Å². The number of benzene rings is 3. The summed E-state index contributed by atoms with van der Waals surface area (Å²) in [6, 6.07) is 21.4. The molecular formula is C27H31NO3S. The molecule has 3 aromatic carbocycles. The van der Waals surface area contributed by atoms with E-state index >= 15 is 0 Å². The minimum Gasteiger partial charge on any atom is -0.298 e. The molecule has 0 radical (unpaired) electrons. The molecule has 0 bridgehead atoms. The number of carbonyl (C=O) groups excluding carboxylic acids is 1. The minimum absolute atomic E-state index is 0.0266. The van der Waals surface area contributed by atoms with E-state index in [1.807, 2.05) is 60.7 Å². The normalized spacial score (nSPS) is 20.3. The summed E-state index contributed by atoms with van der Waals surface area (Å²) >= 11 is 0. The van der Waals surface area contributed by atoms with E-state index in [-0.39, 0.29) is 10.7 Å². The fraction of sp³-hybridized carbons (Fsp3) is 0.370. The molecule has 0 aliphatic carbocycles. The van der Waals surface area contributed by atoms with Crippen molar-refractivity contribution in [1.29, 1.82) is 0 Å². The van der Waals surface area contributed by atoms with Crippen molar-refractivity contribution in [2.24, 2.45) is 0 Å². The number of carbonyl (C=O) groups is 1. The molecule has 5 heteroatoms. The number of hydrogen-bond donors (Lipinski definition) is 0. The fourth-order valence-corrected chi connectivity index (χ4v) is 6.26. The molecule has 0 amide bonds. The van der Waals surface area contributed by atoms with Gasteiger partial charge in [-0.2, -0.15) is 4.31 Å². The maximum atomic E-state index is 13.6. The number of unbranched alkanes of at least 4 members (excludes halogenated alkanes) is 5. The molecule has 32 heavy (non-hydrogen) atoms. The third-order valence-electron chi connectivity index (χ3n) is 6.30. The van der Waals surface area contributed by atoms with Gasteiger partial charge in [0.15, 0.2) is 5.78 Å². The average Bonchev–Trinajstić information content (AvgIpc) is 3.58. The van der Waals surface area contributed by atoms with Crippen molar-refractivity contribution >= 4 is 26.6 Å². The van der Waals surface area contributed by atoms with E-state index in [2.05, 4.69) is 6.92 Å². The predicted molar refractivity (Wildman–Crippen MR) is 129 cm³/mol. The lowest BCUT2D eigenvalue weighted by Gasteiger charge is -2.08. The van der Waals surface area contributed by atoms with Crippen LogP contribution < -0.4 is 0 Å². The third-order valence-corrected chi connectivity index (χ3v) is 8.16. The summed E-state index contributed by atoms with van der Waals surface area (Å²) in [5.74, 6) is 0.0266. The van der Waals surface area contributed by atoms with Crippen molar-refractivity contribution < 1.29 is 13.2 Å². The van der Waals surface area contributed by atoms with Gasteiger partial charge >= 0.3 is 0 Å². The highest BCUT2D eigenvalue weighted by Crippen LogP contribution is 2.48. The lowest BCUT2D eigenvalue weighted by Crippen LogP contribution is -2.19. The quantitative estimate of drug-likeness (QED) is 0.256. The van der Waals surface area contributed by atoms with Crippen LogP contribution in [0.5, 0.6) is 0 Å². The van der Waals surface area contributed by atoms with Crippen LogP contribution in [0.1, 0.15) is 63.5 Å². The van der Waals surface area contributed by atoms with Gasteiger partial charge in [0.1, 0.15) is 6.04 Å². The molecule has 3 unspecified atom stereocenters. The molecule has 1 saturated heterocycles. The smallest absolute Gasteiger partial charge is 0.244 e. The first-order chi connectivity index (χ1) is 15.5. The lowest BCUT2D eigenvalue weighted by molar-refractivity contribution is -0.119. The van der Waals surface area contributed by atoms with E-state index < -0.39 is 22.1 Å². The number of ketones is 1. The first-order valence-electron chi connectivity index (χ1n) is 11.6. The number of fused-ring (bicyclic) bond motifs is 1. The van der Waals surface area contributed by atoms with Crippen LogP contribution in [0.15, 0.2) is 77.7 Å². The predicted octanol–water partition coefficient (Wildman–Crippen LogP) is 6.27. The monoisotopic (exact) mass is 449 g/mol. The zero-order valence-electron chi connectivity index (χ0n) is 18.6. The Hall–Kier alpha value is -2.50. The zero-order valence-corrected chi connectivity index (χ0v) is 19.4. The van der Waals surface area contributed by atoms with Gasteiger partial charge in [0, 0.05) is 6.42 Å². The Labute approximate surface area is 191 Å². The van der Waals surface area contributed by atoms with Crippen LogP contribution in [-0.2, 0) is 14.8 Å². The number of hydrogen-bond acceptors (Lipinski definition) is 3. The Morgan fingerprint density at radius 1 is 0.812 bits per heavy atom. The summed E-state index contributed by atoms with van der Waals surface area (Å²) in [5, 5.41) is 1.87. The molecule has 0 saturated carbocycles. The second-order valence-electron chi connectivity index (χ2n) is 8.63. The maximum absolute atomic E-state index is 13.6. The summed E-state index contributed by atoms with van der Waals surface area (Å²) in [4.78, 5) is 13.3. The largest absolute Gasteiger partial charge is 0.298 e. The van der Waals surface area contributed by atoms with Crippen molar-refractivity contribution in [3.05, 3.63) is 78.4 Å². The molecule has 4 rings (SSSR count). The van der Waals surface area contributed by atoms with E-state index in [1.165, 1.54) is 23.6 Å². The van der Waals surface area contributed by atoms with Crippen LogP contribution in [0.2, 0.25) is 0 Å². The average molecular weight is 450 g/mol. The first-order valence-corrected chi connectivity index (χ1v) is 13.1. The van der Waals surface area contributed by atoms with Gasteiger partial charge in [0.2, 0.25) is 10.0 Å². The van der Waals surface area contributed by atoms with E-state index in [0.29, 0.717) is 6.42 Å². The Morgan fingerprint density at radius 2 is 1.47 bits per heavy atom. The molecular weight excluding hydrogens is 418 g/mol. The molecule has 1 aliphatic rings. The summed E-state index contributed by atoms with van der Waals surface area (Å²) in [5.41, 5.74) is 0.873. The second-order valence-corrected chi connectivity index (χ2v) is 10.5. The summed E-state index contributed by atoms with van der Waals surface area (Å²) in [7, 11) is -3.78. The topological polar surface area (TPSA) is 54.2 Å². The Balaban J connectivity index is 1.54. The van der Waals surface area contributed by atoms with Gasteiger partial charge in [-0.15, -0.1) is 0 Å². The van der Waals surface area contributed by atoms with Crippen molar-refractivity contribution in [3.63, 3.8) is 0 Å². The number of rotatable bonds is 11. The SMILES string of the molecule is CCCCCCCCC(=O)C1C(c2ccccc2)N1S(=O)(=O)c1ccc2ccccc2c1. The molecule has 0 aromatic heterocycles. The van der Waals surface area contributed by atoms with Crippen LogP contribution in [0.3, 0.4) is 0 Å². The zero-order chi connectivity index (χ0) is 22.6. The van der Waals surface area contributed by atoms with E-state index in [0.717, 1.165) is 35.6 Å². The number of Topliss-reactive ketones (excluding diaryl/α,β-unsaturated/α-hetero) is 1. The molecule has 1 fully saturated rings. The van der Waals surface area contributed by atoms with E-state index in [1.54, 1.807) is 12.1 Å². The second kappa shape index (κ2) is 9.97. The minimum atomic E-state index is -3.78. The van der Waals surface area contributed by atoms with Gasteiger partial charge in [0.05, 0.1) is 10.9 Å². The van der Waals surface area contributed by atoms with Crippen LogP contribution in [0, 0.1) is 0 Å². The Morgan fingerprint density at radius 3 is 2.22 bits per heavy atom. The molecule has 1 aliphatic heterocycles. The first kappa shape index (κ1) is 22.7. The highest BCUT2D eigenvalue weighted by molar-refractivity contribution is 7.89. The van der Waals surface area contributed by atoms with Crippen molar-refractivity contribution in [1.82, 2.24) is 4.31 Å². The van der Waals surface area contributed by atoms with E-state index in [9.17, 15) is 13.2 Å². The molecule has 0 spiro atoms.